The Morgan fingerprint density at radius 1 is 1.30 bits per heavy atom. The highest BCUT2D eigenvalue weighted by atomic mass is 35.5. The number of hydrogen-bond acceptors (Lipinski definition) is 3. The molecule has 128 valence electrons. The van der Waals surface area contributed by atoms with Crippen molar-refractivity contribution in [1.82, 2.24) is 10.2 Å². The first-order valence-electron chi connectivity index (χ1n) is 7.56. The highest BCUT2D eigenvalue weighted by Gasteiger charge is 2.36. The summed E-state index contributed by atoms with van der Waals surface area (Å²) in [6.45, 7) is 5.39. The molecule has 0 bridgehead atoms. The van der Waals surface area contributed by atoms with Gasteiger partial charge in [0.15, 0.2) is 0 Å². The quantitative estimate of drug-likeness (QED) is 0.781. The Balaban J connectivity index is 0.00000264. The Hall–Kier alpha value is -1.79. The number of amides is 3. The zero-order valence-corrected chi connectivity index (χ0v) is 14.4. The lowest BCUT2D eigenvalue weighted by Gasteiger charge is -2.30. The largest absolute Gasteiger partial charge is 0.340 e. The molecule has 2 rings (SSSR count). The number of rotatable bonds is 4. The molecule has 1 atom stereocenters. The lowest BCUT2D eigenvalue weighted by Crippen LogP contribution is -2.56. The molecule has 1 aromatic carbocycles. The van der Waals surface area contributed by atoms with E-state index in [0.717, 1.165) is 6.42 Å². The minimum Gasteiger partial charge on any atom is -0.340 e. The molecule has 1 saturated heterocycles. The number of urea groups is 1. The predicted molar refractivity (Wildman–Crippen MR) is 93.7 cm³/mol. The summed E-state index contributed by atoms with van der Waals surface area (Å²) in [5.74, 6) is 0.282. The van der Waals surface area contributed by atoms with Gasteiger partial charge in [0.2, 0.25) is 5.91 Å². The molecule has 4 N–H and O–H groups in total. The van der Waals surface area contributed by atoms with E-state index in [1.165, 1.54) is 0 Å². The van der Waals surface area contributed by atoms with E-state index >= 15 is 0 Å². The van der Waals surface area contributed by atoms with Gasteiger partial charge in [-0.2, -0.15) is 0 Å². The molecular formula is C16H25ClN4O2. The Morgan fingerprint density at radius 3 is 2.52 bits per heavy atom. The number of nitrogens with zero attached hydrogens (tertiary/aromatic N) is 1. The summed E-state index contributed by atoms with van der Waals surface area (Å²) in [5.41, 5.74) is 5.39. The molecule has 1 fully saturated rings. The molecule has 23 heavy (non-hydrogen) atoms. The summed E-state index contributed by atoms with van der Waals surface area (Å²) in [5, 5.41) is 5.46. The van der Waals surface area contributed by atoms with E-state index in [-0.39, 0.29) is 24.3 Å². The number of benzene rings is 1. The molecule has 0 aromatic heterocycles. The number of nitrogens with one attached hydrogen (secondary N) is 2. The second-order valence-corrected chi connectivity index (χ2v) is 6.21. The van der Waals surface area contributed by atoms with Crippen LogP contribution in [-0.2, 0) is 4.79 Å². The fraction of sp³-hybridized carbons (Fsp3) is 0.500. The van der Waals surface area contributed by atoms with Crippen LogP contribution in [0.5, 0.6) is 0 Å². The van der Waals surface area contributed by atoms with Gasteiger partial charge in [-0.05, 0) is 44.9 Å². The molecule has 7 heteroatoms. The van der Waals surface area contributed by atoms with Crippen molar-refractivity contribution in [2.24, 2.45) is 11.7 Å². The molecule has 0 spiro atoms. The standard InChI is InChI=1S/C16H24N4O2.ClH/c1-16(2,14(21)20-9-8-12(10-17)11-20)19-15(22)18-13-6-4-3-5-7-13;/h3-7,12H,8-11,17H2,1-2H3,(H2,18,19,22);1H. The Labute approximate surface area is 143 Å². The number of para-hydroxylation sites is 1. The third-order valence-electron chi connectivity index (χ3n) is 3.90. The van der Waals surface area contributed by atoms with E-state index in [1.54, 1.807) is 30.9 Å². The summed E-state index contributed by atoms with van der Waals surface area (Å²) in [6, 6.07) is 8.74. The first-order valence-corrected chi connectivity index (χ1v) is 7.56. The summed E-state index contributed by atoms with van der Waals surface area (Å²) >= 11 is 0. The molecule has 1 aromatic rings. The van der Waals surface area contributed by atoms with E-state index in [2.05, 4.69) is 10.6 Å². The van der Waals surface area contributed by atoms with Crippen LogP contribution < -0.4 is 16.4 Å². The van der Waals surface area contributed by atoms with Crippen molar-refractivity contribution >= 4 is 30.0 Å². The first kappa shape index (κ1) is 19.3. The number of carbonyl (C=O) groups is 2. The maximum absolute atomic E-state index is 12.6. The van der Waals surface area contributed by atoms with Crippen LogP contribution in [0.1, 0.15) is 20.3 Å². The van der Waals surface area contributed by atoms with Gasteiger partial charge in [0.25, 0.3) is 0 Å². The van der Waals surface area contributed by atoms with Gasteiger partial charge in [0.1, 0.15) is 5.54 Å². The minimum atomic E-state index is -0.956. The van der Waals surface area contributed by atoms with Crippen molar-refractivity contribution in [3.05, 3.63) is 30.3 Å². The predicted octanol–water partition coefficient (Wildman–Crippen LogP) is 1.82. The molecule has 1 unspecified atom stereocenters. The van der Waals surface area contributed by atoms with Gasteiger partial charge < -0.3 is 21.3 Å². The minimum absolute atomic E-state index is 0. The van der Waals surface area contributed by atoms with E-state index < -0.39 is 5.54 Å². The van der Waals surface area contributed by atoms with E-state index in [4.69, 9.17) is 5.73 Å². The van der Waals surface area contributed by atoms with Crippen LogP contribution in [0.25, 0.3) is 0 Å². The number of hydrogen-bond donors (Lipinski definition) is 3. The van der Waals surface area contributed by atoms with E-state index in [9.17, 15) is 9.59 Å². The average Bonchev–Trinajstić information content (AvgIpc) is 2.95. The average molecular weight is 341 g/mol. The Morgan fingerprint density at radius 2 is 1.96 bits per heavy atom. The van der Waals surface area contributed by atoms with E-state index in [0.29, 0.717) is 31.2 Å². The normalized spacial score (nSPS) is 17.3. The zero-order valence-electron chi connectivity index (χ0n) is 13.5. The second-order valence-electron chi connectivity index (χ2n) is 6.21. The fourth-order valence-electron chi connectivity index (χ4n) is 2.63. The van der Waals surface area contributed by atoms with Gasteiger partial charge in [-0.1, -0.05) is 18.2 Å². The molecule has 0 aliphatic carbocycles. The summed E-state index contributed by atoms with van der Waals surface area (Å²) in [6.07, 6.45) is 0.925. The lowest BCUT2D eigenvalue weighted by molar-refractivity contribution is -0.135. The molecule has 0 radical (unpaired) electrons. The van der Waals surface area contributed by atoms with Crippen LogP contribution in [0, 0.1) is 5.92 Å². The fourth-order valence-corrected chi connectivity index (χ4v) is 2.63. The highest BCUT2D eigenvalue weighted by molar-refractivity contribution is 5.95. The molecule has 0 saturated carbocycles. The Kier molecular flexibility index (Phi) is 6.84. The SMILES string of the molecule is CC(C)(NC(=O)Nc1ccccc1)C(=O)N1CCC(CN)C1.Cl. The number of halogens is 1. The maximum atomic E-state index is 12.6. The van der Waals surface area contributed by atoms with Crippen LogP contribution in [0.15, 0.2) is 30.3 Å². The number of carbonyl (C=O) groups excluding carboxylic acids is 2. The number of nitrogens with two attached hydrogens (primary N) is 1. The number of anilines is 1. The third kappa shape index (κ3) is 5.11. The third-order valence-corrected chi connectivity index (χ3v) is 3.90. The molecule has 6 nitrogen and oxygen atoms in total. The van der Waals surface area contributed by atoms with Gasteiger partial charge in [-0.25, -0.2) is 4.79 Å². The van der Waals surface area contributed by atoms with E-state index in [1.807, 2.05) is 18.2 Å². The van der Waals surface area contributed by atoms with Crippen molar-refractivity contribution < 1.29 is 9.59 Å². The van der Waals surface area contributed by atoms with Gasteiger partial charge in [-0.15, -0.1) is 12.4 Å². The van der Waals surface area contributed by atoms with Gasteiger partial charge in [0.05, 0.1) is 0 Å². The summed E-state index contributed by atoms with van der Waals surface area (Å²) < 4.78 is 0. The monoisotopic (exact) mass is 340 g/mol. The van der Waals surface area contributed by atoms with Crippen molar-refractivity contribution in [3.63, 3.8) is 0 Å². The van der Waals surface area contributed by atoms with Crippen LogP contribution >= 0.6 is 12.4 Å². The molecule has 3 amide bonds. The van der Waals surface area contributed by atoms with Gasteiger partial charge in [-0.3, -0.25) is 4.79 Å². The first-order chi connectivity index (χ1) is 10.4. The van der Waals surface area contributed by atoms with Crippen LogP contribution in [0.3, 0.4) is 0 Å². The highest BCUT2D eigenvalue weighted by Crippen LogP contribution is 2.19. The maximum Gasteiger partial charge on any atom is 0.320 e. The molecule has 1 aliphatic heterocycles. The molecule has 1 aliphatic rings. The second kappa shape index (κ2) is 8.17. The zero-order chi connectivity index (χ0) is 16.2. The number of likely N-dealkylation sites (tertiary alicyclic amines) is 1. The molecular weight excluding hydrogens is 316 g/mol. The lowest BCUT2D eigenvalue weighted by atomic mass is 10.0. The van der Waals surface area contributed by atoms with Gasteiger partial charge in [0, 0.05) is 18.8 Å². The van der Waals surface area contributed by atoms with Crippen LogP contribution in [-0.4, -0.2) is 42.0 Å². The van der Waals surface area contributed by atoms with Crippen LogP contribution in [0.4, 0.5) is 10.5 Å². The van der Waals surface area contributed by atoms with Crippen molar-refractivity contribution in [2.45, 2.75) is 25.8 Å². The van der Waals surface area contributed by atoms with Crippen LogP contribution in [0.2, 0.25) is 0 Å². The van der Waals surface area contributed by atoms with Crippen molar-refractivity contribution in [1.29, 1.82) is 0 Å². The molecule has 1 heterocycles. The smallest absolute Gasteiger partial charge is 0.320 e. The Bertz CT molecular complexity index is 536. The summed E-state index contributed by atoms with van der Waals surface area (Å²) in [4.78, 5) is 26.4. The van der Waals surface area contributed by atoms with Crippen molar-refractivity contribution in [3.8, 4) is 0 Å². The summed E-state index contributed by atoms with van der Waals surface area (Å²) in [7, 11) is 0. The van der Waals surface area contributed by atoms with Gasteiger partial charge >= 0.3 is 6.03 Å². The van der Waals surface area contributed by atoms with Crippen molar-refractivity contribution in [2.75, 3.05) is 25.0 Å². The topological polar surface area (TPSA) is 87.5 Å².